The van der Waals surface area contributed by atoms with Crippen LogP contribution in [0, 0.1) is 23.0 Å². The predicted molar refractivity (Wildman–Crippen MR) is 68.4 cm³/mol. The van der Waals surface area contributed by atoms with Crippen LogP contribution in [0.25, 0.3) is 0 Å². The molecule has 1 aromatic rings. The summed E-state index contributed by atoms with van der Waals surface area (Å²) < 4.78 is 0. The van der Waals surface area contributed by atoms with E-state index in [4.69, 9.17) is 5.73 Å². The molecule has 1 aromatic carbocycles. The van der Waals surface area contributed by atoms with Gasteiger partial charge in [0.05, 0.1) is 4.92 Å². The number of nitrogens with two attached hydrogens (primary N) is 1. The molecule has 18 heavy (non-hydrogen) atoms. The number of benzene rings is 1. The fourth-order valence-electron chi connectivity index (χ4n) is 1.40. The van der Waals surface area contributed by atoms with Crippen molar-refractivity contribution in [1.29, 1.82) is 0 Å². The standard InChI is InChI=1S/C12H17N3O3/c1-8(6-13)7-14-12(16)10-4-3-9(2)11(5-10)15(17)18/h3-5,8H,6-7,13H2,1-2H3,(H,14,16). The van der Waals surface area contributed by atoms with Crippen LogP contribution in [-0.4, -0.2) is 23.9 Å². The molecule has 0 saturated carbocycles. The third-order valence-corrected chi connectivity index (χ3v) is 2.68. The Morgan fingerprint density at radius 1 is 1.56 bits per heavy atom. The molecule has 0 aliphatic heterocycles. The van der Waals surface area contributed by atoms with E-state index < -0.39 is 4.92 Å². The van der Waals surface area contributed by atoms with E-state index in [1.54, 1.807) is 19.1 Å². The number of carbonyl (C=O) groups is 1. The molecule has 0 aliphatic rings. The summed E-state index contributed by atoms with van der Waals surface area (Å²) in [6.45, 7) is 4.49. The molecule has 0 bridgehead atoms. The fourth-order valence-corrected chi connectivity index (χ4v) is 1.40. The van der Waals surface area contributed by atoms with E-state index in [1.807, 2.05) is 6.92 Å². The molecule has 0 aliphatic carbocycles. The van der Waals surface area contributed by atoms with Crippen molar-refractivity contribution in [2.24, 2.45) is 11.7 Å². The van der Waals surface area contributed by atoms with E-state index in [2.05, 4.69) is 5.32 Å². The van der Waals surface area contributed by atoms with Crippen molar-refractivity contribution < 1.29 is 9.72 Å². The van der Waals surface area contributed by atoms with Gasteiger partial charge in [0, 0.05) is 23.7 Å². The second-order valence-electron chi connectivity index (χ2n) is 4.31. The second-order valence-corrected chi connectivity index (χ2v) is 4.31. The highest BCUT2D eigenvalue weighted by atomic mass is 16.6. The van der Waals surface area contributed by atoms with Gasteiger partial charge in [-0.05, 0) is 25.5 Å². The summed E-state index contributed by atoms with van der Waals surface area (Å²) in [6.07, 6.45) is 0. The summed E-state index contributed by atoms with van der Waals surface area (Å²) in [5.74, 6) is -0.146. The van der Waals surface area contributed by atoms with Crippen molar-refractivity contribution in [2.45, 2.75) is 13.8 Å². The molecular formula is C12H17N3O3. The largest absolute Gasteiger partial charge is 0.352 e. The Bertz CT molecular complexity index is 460. The first-order valence-electron chi connectivity index (χ1n) is 5.69. The summed E-state index contributed by atoms with van der Waals surface area (Å²) >= 11 is 0. The topological polar surface area (TPSA) is 98.3 Å². The zero-order valence-corrected chi connectivity index (χ0v) is 10.5. The van der Waals surface area contributed by atoms with Gasteiger partial charge in [-0.1, -0.05) is 13.0 Å². The first kappa shape index (κ1) is 14.1. The number of nitro benzene ring substituents is 1. The maximum absolute atomic E-state index is 11.8. The number of nitro groups is 1. The molecule has 0 heterocycles. The van der Waals surface area contributed by atoms with E-state index in [1.165, 1.54) is 6.07 Å². The summed E-state index contributed by atoms with van der Waals surface area (Å²) in [7, 11) is 0. The van der Waals surface area contributed by atoms with Crippen LogP contribution in [-0.2, 0) is 0 Å². The fraction of sp³-hybridized carbons (Fsp3) is 0.417. The quantitative estimate of drug-likeness (QED) is 0.607. The lowest BCUT2D eigenvalue weighted by atomic mass is 10.1. The maximum atomic E-state index is 11.8. The third kappa shape index (κ3) is 3.53. The van der Waals surface area contributed by atoms with E-state index in [0.29, 0.717) is 18.7 Å². The van der Waals surface area contributed by atoms with Gasteiger partial charge in [0.15, 0.2) is 0 Å². The minimum Gasteiger partial charge on any atom is -0.352 e. The third-order valence-electron chi connectivity index (χ3n) is 2.68. The van der Waals surface area contributed by atoms with Crippen molar-refractivity contribution in [3.05, 3.63) is 39.4 Å². The number of rotatable bonds is 5. The molecule has 0 spiro atoms. The molecular weight excluding hydrogens is 234 g/mol. The van der Waals surface area contributed by atoms with Crippen LogP contribution < -0.4 is 11.1 Å². The number of carbonyl (C=O) groups excluding carboxylic acids is 1. The van der Waals surface area contributed by atoms with E-state index in [0.717, 1.165) is 0 Å². The molecule has 0 fully saturated rings. The zero-order chi connectivity index (χ0) is 13.7. The van der Waals surface area contributed by atoms with E-state index >= 15 is 0 Å². The summed E-state index contributed by atoms with van der Waals surface area (Å²) in [5, 5.41) is 13.5. The average molecular weight is 251 g/mol. The van der Waals surface area contributed by atoms with Crippen LogP contribution in [0.1, 0.15) is 22.8 Å². The maximum Gasteiger partial charge on any atom is 0.273 e. The molecule has 0 aromatic heterocycles. The lowest BCUT2D eigenvalue weighted by Gasteiger charge is -2.10. The van der Waals surface area contributed by atoms with Crippen LogP contribution in [0.4, 0.5) is 5.69 Å². The minimum absolute atomic E-state index is 0.0467. The molecule has 6 nitrogen and oxygen atoms in total. The highest BCUT2D eigenvalue weighted by Crippen LogP contribution is 2.19. The second kappa shape index (κ2) is 6.11. The van der Waals surface area contributed by atoms with Crippen molar-refractivity contribution >= 4 is 11.6 Å². The monoisotopic (exact) mass is 251 g/mol. The first-order valence-corrected chi connectivity index (χ1v) is 5.69. The Labute approximate surface area is 105 Å². The molecule has 1 amide bonds. The number of nitrogens with one attached hydrogen (secondary N) is 1. The number of hydrogen-bond acceptors (Lipinski definition) is 4. The van der Waals surface area contributed by atoms with Crippen LogP contribution in [0.2, 0.25) is 0 Å². The first-order chi connectivity index (χ1) is 8.45. The van der Waals surface area contributed by atoms with Crippen molar-refractivity contribution in [2.75, 3.05) is 13.1 Å². The Kier molecular flexibility index (Phi) is 4.79. The smallest absolute Gasteiger partial charge is 0.273 e. The van der Waals surface area contributed by atoms with Gasteiger partial charge >= 0.3 is 0 Å². The molecule has 0 radical (unpaired) electrons. The lowest BCUT2D eigenvalue weighted by Crippen LogP contribution is -2.31. The molecule has 98 valence electrons. The van der Waals surface area contributed by atoms with Gasteiger partial charge in [-0.15, -0.1) is 0 Å². The number of amides is 1. The summed E-state index contributed by atoms with van der Waals surface area (Å²) in [4.78, 5) is 22.1. The van der Waals surface area contributed by atoms with Crippen molar-refractivity contribution in [3.63, 3.8) is 0 Å². The number of aryl methyl sites for hydroxylation is 1. The molecule has 1 atom stereocenters. The van der Waals surface area contributed by atoms with E-state index in [-0.39, 0.29) is 23.1 Å². The molecule has 3 N–H and O–H groups in total. The van der Waals surface area contributed by atoms with Gasteiger partial charge in [-0.2, -0.15) is 0 Å². The van der Waals surface area contributed by atoms with Crippen LogP contribution in [0.5, 0.6) is 0 Å². The molecule has 6 heteroatoms. The Morgan fingerprint density at radius 2 is 2.22 bits per heavy atom. The lowest BCUT2D eigenvalue weighted by molar-refractivity contribution is -0.385. The normalized spacial score (nSPS) is 11.9. The van der Waals surface area contributed by atoms with Gasteiger partial charge in [-0.3, -0.25) is 14.9 Å². The van der Waals surface area contributed by atoms with E-state index in [9.17, 15) is 14.9 Å². The van der Waals surface area contributed by atoms with Gasteiger partial charge in [0.25, 0.3) is 11.6 Å². The zero-order valence-electron chi connectivity index (χ0n) is 10.5. The molecule has 1 unspecified atom stereocenters. The van der Waals surface area contributed by atoms with Gasteiger partial charge < -0.3 is 11.1 Å². The summed E-state index contributed by atoms with van der Waals surface area (Å²) in [5.41, 5.74) is 6.22. The Balaban J connectivity index is 2.80. The highest BCUT2D eigenvalue weighted by molar-refractivity contribution is 5.94. The van der Waals surface area contributed by atoms with Crippen LogP contribution in [0.15, 0.2) is 18.2 Å². The van der Waals surface area contributed by atoms with Crippen LogP contribution >= 0.6 is 0 Å². The average Bonchev–Trinajstić information content (AvgIpc) is 2.35. The Morgan fingerprint density at radius 3 is 2.78 bits per heavy atom. The highest BCUT2D eigenvalue weighted by Gasteiger charge is 2.15. The van der Waals surface area contributed by atoms with Crippen molar-refractivity contribution in [1.82, 2.24) is 5.32 Å². The Hall–Kier alpha value is -1.95. The minimum atomic E-state index is -0.491. The van der Waals surface area contributed by atoms with Crippen molar-refractivity contribution in [3.8, 4) is 0 Å². The number of nitrogens with zero attached hydrogens (tertiary/aromatic N) is 1. The summed E-state index contributed by atoms with van der Waals surface area (Å²) in [6, 6.07) is 4.43. The molecule has 1 rings (SSSR count). The van der Waals surface area contributed by atoms with Crippen LogP contribution in [0.3, 0.4) is 0 Å². The van der Waals surface area contributed by atoms with Gasteiger partial charge in [0.1, 0.15) is 0 Å². The van der Waals surface area contributed by atoms with Gasteiger partial charge in [-0.25, -0.2) is 0 Å². The SMILES string of the molecule is Cc1ccc(C(=O)NCC(C)CN)cc1[N+](=O)[O-]. The van der Waals surface area contributed by atoms with Gasteiger partial charge in [0.2, 0.25) is 0 Å². The number of hydrogen-bond donors (Lipinski definition) is 2. The predicted octanol–water partition coefficient (Wildman–Crippen LogP) is 1.23. The molecule has 0 saturated heterocycles.